The van der Waals surface area contributed by atoms with Gasteiger partial charge in [-0.1, -0.05) is 17.7 Å². The van der Waals surface area contributed by atoms with E-state index in [9.17, 15) is 9.59 Å². The van der Waals surface area contributed by atoms with E-state index in [1.165, 1.54) is 6.07 Å². The van der Waals surface area contributed by atoms with Crippen LogP contribution in [0.25, 0.3) is 0 Å². The van der Waals surface area contributed by atoms with Crippen molar-refractivity contribution in [3.8, 4) is 5.75 Å². The smallest absolute Gasteiger partial charge is 0.311 e. The Morgan fingerprint density at radius 2 is 1.90 bits per heavy atom. The molecule has 0 aliphatic carbocycles. The lowest BCUT2D eigenvalue weighted by Crippen LogP contribution is -2.14. The molecule has 1 rings (SSSR count). The molecule has 0 unspecified atom stereocenters. The molecule has 0 radical (unpaired) electrons. The fraction of sp³-hybridized carbons (Fsp3) is 0.429. The molecule has 0 saturated heterocycles. The highest BCUT2D eigenvalue weighted by molar-refractivity contribution is 6.30. The van der Waals surface area contributed by atoms with E-state index in [0.717, 1.165) is 0 Å². The van der Waals surface area contributed by atoms with E-state index < -0.39 is 11.9 Å². The molecule has 0 aliphatic rings. The van der Waals surface area contributed by atoms with Crippen molar-refractivity contribution in [2.24, 2.45) is 0 Å². The van der Waals surface area contributed by atoms with Crippen LogP contribution < -0.4 is 4.74 Å². The second kappa shape index (κ2) is 9.34. The van der Waals surface area contributed by atoms with Gasteiger partial charge in [0.05, 0.1) is 19.4 Å². The molecule has 0 heterocycles. The molecule has 0 aliphatic heterocycles. The Kier molecular flexibility index (Phi) is 7.69. The Balaban J connectivity index is 2.21. The first-order valence-corrected chi connectivity index (χ1v) is 6.69. The molecule has 1 aromatic carbocycles. The summed E-state index contributed by atoms with van der Waals surface area (Å²) in [5.41, 5.74) is 0. The summed E-state index contributed by atoms with van der Waals surface area (Å²) in [4.78, 5) is 22.8. The minimum Gasteiger partial charge on any atom is -0.463 e. The van der Waals surface area contributed by atoms with E-state index in [2.05, 4.69) is 0 Å². The number of rotatable bonds is 8. The Bertz CT molecular complexity index is 447. The number of esters is 2. The van der Waals surface area contributed by atoms with E-state index in [1.807, 2.05) is 6.92 Å². The predicted molar refractivity (Wildman–Crippen MR) is 73.8 cm³/mol. The van der Waals surface area contributed by atoms with Crippen molar-refractivity contribution >= 4 is 23.5 Å². The molecular weight excluding hydrogens is 284 g/mol. The zero-order valence-corrected chi connectivity index (χ0v) is 12.0. The summed E-state index contributed by atoms with van der Waals surface area (Å²) in [5, 5.41) is 0.477. The summed E-state index contributed by atoms with van der Waals surface area (Å²) in [6, 6.07) is 6.49. The average molecular weight is 301 g/mol. The van der Waals surface area contributed by atoms with Crippen molar-refractivity contribution in [1.82, 2.24) is 0 Å². The van der Waals surface area contributed by atoms with Crippen LogP contribution in [0.3, 0.4) is 0 Å². The van der Waals surface area contributed by atoms with Crippen LogP contribution in [0.4, 0.5) is 0 Å². The second-order valence-electron chi connectivity index (χ2n) is 3.85. The number of hydrogen-bond donors (Lipinski definition) is 0. The number of benzene rings is 1. The van der Waals surface area contributed by atoms with Crippen LogP contribution in [-0.2, 0) is 19.1 Å². The van der Waals surface area contributed by atoms with Gasteiger partial charge in [0.1, 0.15) is 12.4 Å². The highest BCUT2D eigenvalue weighted by Gasteiger charge is 2.10. The minimum atomic E-state index is -0.506. The van der Waals surface area contributed by atoms with E-state index in [0.29, 0.717) is 24.0 Å². The van der Waals surface area contributed by atoms with Crippen molar-refractivity contribution in [1.29, 1.82) is 0 Å². The summed E-state index contributed by atoms with van der Waals surface area (Å²) in [7, 11) is 0. The maximum Gasteiger partial charge on any atom is 0.311 e. The topological polar surface area (TPSA) is 61.8 Å². The second-order valence-corrected chi connectivity index (χ2v) is 4.29. The summed E-state index contributed by atoms with van der Waals surface area (Å²) >= 11 is 5.76. The molecule has 0 spiro atoms. The summed E-state index contributed by atoms with van der Waals surface area (Å²) in [6.45, 7) is 2.97. The van der Waals surface area contributed by atoms with Crippen LogP contribution in [0, 0.1) is 0 Å². The summed E-state index contributed by atoms with van der Waals surface area (Å²) in [6.07, 6.45) is -0.0640. The molecule has 20 heavy (non-hydrogen) atoms. The quantitative estimate of drug-likeness (QED) is 0.419. The fourth-order valence-corrected chi connectivity index (χ4v) is 1.53. The number of carbonyl (C=O) groups is 2. The van der Waals surface area contributed by atoms with Gasteiger partial charge in [-0.25, -0.2) is 0 Å². The number of ether oxygens (including phenoxy) is 3. The lowest BCUT2D eigenvalue weighted by molar-refractivity contribution is -0.148. The van der Waals surface area contributed by atoms with Crippen molar-refractivity contribution in [3.63, 3.8) is 0 Å². The maximum absolute atomic E-state index is 11.5. The lowest BCUT2D eigenvalue weighted by Gasteiger charge is -2.06. The van der Waals surface area contributed by atoms with Crippen LogP contribution in [0.5, 0.6) is 5.75 Å². The first-order chi connectivity index (χ1) is 9.61. The van der Waals surface area contributed by atoms with Crippen LogP contribution in [0.1, 0.15) is 19.8 Å². The Labute approximate surface area is 122 Å². The minimum absolute atomic E-state index is 0.0223. The van der Waals surface area contributed by atoms with Crippen LogP contribution in [-0.4, -0.2) is 31.8 Å². The first kappa shape index (κ1) is 16.5. The van der Waals surface area contributed by atoms with Crippen LogP contribution in [0.15, 0.2) is 24.3 Å². The third-order valence-corrected chi connectivity index (χ3v) is 2.49. The SMILES string of the molecule is CCOCCOC(=O)CCC(=O)Oc1cccc(Cl)c1. The van der Waals surface area contributed by atoms with E-state index >= 15 is 0 Å². The van der Waals surface area contributed by atoms with E-state index in [4.69, 9.17) is 25.8 Å². The largest absolute Gasteiger partial charge is 0.463 e. The normalized spacial score (nSPS) is 10.1. The predicted octanol–water partition coefficient (Wildman–Crippen LogP) is 2.61. The van der Waals surface area contributed by atoms with Crippen molar-refractivity contribution in [2.45, 2.75) is 19.8 Å². The van der Waals surface area contributed by atoms with Crippen molar-refractivity contribution in [3.05, 3.63) is 29.3 Å². The van der Waals surface area contributed by atoms with Crippen LogP contribution >= 0.6 is 11.6 Å². The molecule has 0 aromatic heterocycles. The molecule has 0 bridgehead atoms. The van der Waals surface area contributed by atoms with Gasteiger partial charge in [0.15, 0.2) is 0 Å². The van der Waals surface area contributed by atoms with Crippen molar-refractivity contribution in [2.75, 3.05) is 19.8 Å². The number of halogens is 1. The zero-order chi connectivity index (χ0) is 14.8. The van der Waals surface area contributed by atoms with E-state index in [-0.39, 0.29) is 19.4 Å². The highest BCUT2D eigenvalue weighted by Crippen LogP contribution is 2.17. The first-order valence-electron chi connectivity index (χ1n) is 6.31. The van der Waals surface area contributed by atoms with Gasteiger partial charge in [-0.05, 0) is 25.1 Å². The van der Waals surface area contributed by atoms with Gasteiger partial charge in [-0.3, -0.25) is 9.59 Å². The monoisotopic (exact) mass is 300 g/mol. The highest BCUT2D eigenvalue weighted by atomic mass is 35.5. The van der Waals surface area contributed by atoms with Gasteiger partial charge < -0.3 is 14.2 Å². The fourth-order valence-electron chi connectivity index (χ4n) is 1.35. The van der Waals surface area contributed by atoms with Gasteiger partial charge in [0.25, 0.3) is 0 Å². The van der Waals surface area contributed by atoms with Gasteiger partial charge in [0.2, 0.25) is 0 Å². The molecular formula is C14H17ClO5. The average Bonchev–Trinajstić information content (AvgIpc) is 2.41. The number of carbonyl (C=O) groups excluding carboxylic acids is 2. The third kappa shape index (κ3) is 7.11. The summed E-state index contributed by atoms with van der Waals surface area (Å²) in [5.74, 6) is -0.603. The molecule has 5 nitrogen and oxygen atoms in total. The number of hydrogen-bond acceptors (Lipinski definition) is 5. The molecule has 110 valence electrons. The molecule has 0 atom stereocenters. The molecule has 0 amide bonds. The Morgan fingerprint density at radius 3 is 2.60 bits per heavy atom. The van der Waals surface area contributed by atoms with Crippen LogP contribution in [0.2, 0.25) is 5.02 Å². The van der Waals surface area contributed by atoms with Gasteiger partial charge in [-0.15, -0.1) is 0 Å². The summed E-state index contributed by atoms with van der Waals surface area (Å²) < 4.78 is 14.9. The third-order valence-electron chi connectivity index (χ3n) is 2.26. The maximum atomic E-state index is 11.5. The lowest BCUT2D eigenvalue weighted by atomic mass is 10.3. The standard InChI is InChI=1S/C14H17ClO5/c1-2-18-8-9-19-13(16)6-7-14(17)20-12-5-3-4-11(15)10-12/h3-5,10H,2,6-9H2,1H3. The van der Waals surface area contributed by atoms with Gasteiger partial charge in [0, 0.05) is 11.6 Å². The van der Waals surface area contributed by atoms with Crippen molar-refractivity contribution < 1.29 is 23.8 Å². The van der Waals surface area contributed by atoms with Gasteiger partial charge in [-0.2, -0.15) is 0 Å². The molecule has 6 heteroatoms. The Morgan fingerprint density at radius 1 is 1.15 bits per heavy atom. The Hall–Kier alpha value is -1.59. The molecule has 0 N–H and O–H groups in total. The zero-order valence-electron chi connectivity index (χ0n) is 11.3. The molecule has 1 aromatic rings. The molecule has 0 saturated carbocycles. The van der Waals surface area contributed by atoms with Gasteiger partial charge >= 0.3 is 11.9 Å². The molecule has 0 fully saturated rings. The van der Waals surface area contributed by atoms with E-state index in [1.54, 1.807) is 18.2 Å².